The minimum atomic E-state index is 0.153. The first-order valence-corrected chi connectivity index (χ1v) is 4.27. The SMILES string of the molecule is CC(C)COC(C)CCO[C]=O. The fraction of sp³-hybridized carbons (Fsp3) is 0.889. The molecule has 0 spiro atoms. The van der Waals surface area contributed by atoms with E-state index in [1.807, 2.05) is 6.92 Å². The van der Waals surface area contributed by atoms with Gasteiger partial charge in [0.25, 0.3) is 0 Å². The molecule has 12 heavy (non-hydrogen) atoms. The normalized spacial score (nSPS) is 13.0. The Kier molecular flexibility index (Phi) is 6.76. The highest BCUT2D eigenvalue weighted by molar-refractivity contribution is 5.37. The highest BCUT2D eigenvalue weighted by atomic mass is 16.5. The Labute approximate surface area is 74.0 Å². The van der Waals surface area contributed by atoms with Crippen LogP contribution in [0.15, 0.2) is 0 Å². The fourth-order valence-electron chi connectivity index (χ4n) is 0.707. The highest BCUT2D eigenvalue weighted by Gasteiger charge is 2.03. The van der Waals surface area contributed by atoms with Crippen LogP contribution < -0.4 is 0 Å². The zero-order valence-electron chi connectivity index (χ0n) is 8.00. The van der Waals surface area contributed by atoms with E-state index in [0.29, 0.717) is 12.5 Å². The summed E-state index contributed by atoms with van der Waals surface area (Å²) in [7, 11) is 0. The predicted molar refractivity (Wildman–Crippen MR) is 46.5 cm³/mol. The van der Waals surface area contributed by atoms with Crippen molar-refractivity contribution in [3.05, 3.63) is 0 Å². The Hall–Kier alpha value is -0.570. The smallest absolute Gasteiger partial charge is 0.417 e. The van der Waals surface area contributed by atoms with Gasteiger partial charge >= 0.3 is 6.47 Å². The standard InChI is InChI=1S/C9H17O3/c1-8(2)6-12-9(3)4-5-11-7-10/h8-9H,4-6H2,1-3H3. The maximum Gasteiger partial charge on any atom is 0.417 e. The van der Waals surface area contributed by atoms with Crippen molar-refractivity contribution in [1.29, 1.82) is 0 Å². The minimum Gasteiger partial charge on any atom is -0.457 e. The van der Waals surface area contributed by atoms with Crippen LogP contribution in [0.4, 0.5) is 0 Å². The van der Waals surface area contributed by atoms with E-state index < -0.39 is 0 Å². The molecule has 0 saturated carbocycles. The molecule has 0 bridgehead atoms. The quantitative estimate of drug-likeness (QED) is 0.547. The van der Waals surface area contributed by atoms with Gasteiger partial charge in [-0.3, -0.25) is 0 Å². The van der Waals surface area contributed by atoms with Gasteiger partial charge in [0, 0.05) is 13.0 Å². The summed E-state index contributed by atoms with van der Waals surface area (Å²) >= 11 is 0. The van der Waals surface area contributed by atoms with Crippen molar-refractivity contribution in [2.24, 2.45) is 5.92 Å². The molecule has 1 radical (unpaired) electrons. The van der Waals surface area contributed by atoms with E-state index in [2.05, 4.69) is 18.6 Å². The van der Waals surface area contributed by atoms with Crippen LogP contribution in [0.2, 0.25) is 0 Å². The largest absolute Gasteiger partial charge is 0.457 e. The van der Waals surface area contributed by atoms with E-state index in [1.54, 1.807) is 0 Å². The number of carbonyl (C=O) groups excluding carboxylic acids is 1. The second-order valence-corrected chi connectivity index (χ2v) is 3.26. The minimum absolute atomic E-state index is 0.153. The molecule has 0 saturated heterocycles. The van der Waals surface area contributed by atoms with Gasteiger partial charge in [0.15, 0.2) is 0 Å². The van der Waals surface area contributed by atoms with Gasteiger partial charge in [0.05, 0.1) is 12.7 Å². The van der Waals surface area contributed by atoms with Gasteiger partial charge in [-0.25, -0.2) is 4.79 Å². The molecule has 3 heteroatoms. The molecule has 0 fully saturated rings. The van der Waals surface area contributed by atoms with E-state index in [4.69, 9.17) is 4.74 Å². The van der Waals surface area contributed by atoms with Crippen LogP contribution >= 0.6 is 0 Å². The third kappa shape index (κ3) is 7.54. The lowest BCUT2D eigenvalue weighted by Gasteiger charge is -2.13. The van der Waals surface area contributed by atoms with Gasteiger partial charge in [-0.15, -0.1) is 0 Å². The molecule has 0 aliphatic heterocycles. The van der Waals surface area contributed by atoms with Crippen molar-refractivity contribution in [1.82, 2.24) is 0 Å². The lowest BCUT2D eigenvalue weighted by molar-refractivity contribution is 0.0331. The van der Waals surface area contributed by atoms with Crippen LogP contribution in [0.5, 0.6) is 0 Å². The van der Waals surface area contributed by atoms with Crippen molar-refractivity contribution in [2.75, 3.05) is 13.2 Å². The highest BCUT2D eigenvalue weighted by Crippen LogP contribution is 2.01. The topological polar surface area (TPSA) is 35.5 Å². The molecular weight excluding hydrogens is 156 g/mol. The number of ether oxygens (including phenoxy) is 2. The summed E-state index contributed by atoms with van der Waals surface area (Å²) in [6.07, 6.45) is 0.892. The molecule has 0 rings (SSSR count). The van der Waals surface area contributed by atoms with E-state index in [-0.39, 0.29) is 6.10 Å². The molecule has 3 nitrogen and oxygen atoms in total. The molecule has 1 atom stereocenters. The molecule has 0 aromatic carbocycles. The van der Waals surface area contributed by atoms with Crippen LogP contribution in [0, 0.1) is 5.92 Å². The van der Waals surface area contributed by atoms with Gasteiger partial charge in [0.2, 0.25) is 0 Å². The van der Waals surface area contributed by atoms with E-state index in [0.717, 1.165) is 13.0 Å². The van der Waals surface area contributed by atoms with E-state index >= 15 is 0 Å². The molecule has 0 amide bonds. The maximum absolute atomic E-state index is 9.66. The van der Waals surface area contributed by atoms with Gasteiger partial charge in [-0.1, -0.05) is 13.8 Å². The average molecular weight is 173 g/mol. The first-order chi connectivity index (χ1) is 5.66. The third-order valence-electron chi connectivity index (χ3n) is 1.40. The molecule has 1 unspecified atom stereocenters. The zero-order valence-corrected chi connectivity index (χ0v) is 8.00. The fourth-order valence-corrected chi connectivity index (χ4v) is 0.707. The summed E-state index contributed by atoms with van der Waals surface area (Å²) in [5.74, 6) is 0.547. The Morgan fingerprint density at radius 2 is 2.00 bits per heavy atom. The summed E-state index contributed by atoms with van der Waals surface area (Å²) in [6, 6.07) is 0. The third-order valence-corrected chi connectivity index (χ3v) is 1.40. The van der Waals surface area contributed by atoms with Crippen molar-refractivity contribution < 1.29 is 14.3 Å². The Morgan fingerprint density at radius 3 is 2.50 bits per heavy atom. The maximum atomic E-state index is 9.66. The van der Waals surface area contributed by atoms with Crippen molar-refractivity contribution in [3.63, 3.8) is 0 Å². The van der Waals surface area contributed by atoms with Crippen molar-refractivity contribution in [3.8, 4) is 0 Å². The predicted octanol–water partition coefficient (Wildman–Crippen LogP) is 1.52. The summed E-state index contributed by atoms with van der Waals surface area (Å²) in [6.45, 7) is 8.70. The van der Waals surface area contributed by atoms with E-state index in [1.165, 1.54) is 6.47 Å². The number of hydrogen-bond donors (Lipinski definition) is 0. The van der Waals surface area contributed by atoms with Gasteiger partial charge in [-0.05, 0) is 12.8 Å². The van der Waals surface area contributed by atoms with Crippen LogP contribution in [-0.2, 0) is 14.3 Å². The lowest BCUT2D eigenvalue weighted by Crippen LogP contribution is -2.14. The Bertz CT molecular complexity index is 112. The first-order valence-electron chi connectivity index (χ1n) is 4.27. The lowest BCUT2D eigenvalue weighted by atomic mass is 10.2. The molecule has 0 N–H and O–H groups in total. The summed E-state index contributed by atoms with van der Waals surface area (Å²) in [5, 5.41) is 0. The van der Waals surface area contributed by atoms with Crippen molar-refractivity contribution in [2.45, 2.75) is 33.3 Å². The van der Waals surface area contributed by atoms with Crippen LogP contribution in [0.25, 0.3) is 0 Å². The molecule has 0 aliphatic rings. The van der Waals surface area contributed by atoms with Gasteiger partial charge in [-0.2, -0.15) is 0 Å². The van der Waals surface area contributed by atoms with Gasteiger partial charge < -0.3 is 9.47 Å². The summed E-state index contributed by atoms with van der Waals surface area (Å²) in [5.41, 5.74) is 0. The number of hydrogen-bond acceptors (Lipinski definition) is 3. The second kappa shape index (κ2) is 7.10. The van der Waals surface area contributed by atoms with Crippen LogP contribution in [-0.4, -0.2) is 25.8 Å². The second-order valence-electron chi connectivity index (χ2n) is 3.26. The summed E-state index contributed by atoms with van der Waals surface area (Å²) < 4.78 is 9.87. The van der Waals surface area contributed by atoms with Gasteiger partial charge in [0.1, 0.15) is 0 Å². The zero-order chi connectivity index (χ0) is 9.40. The Morgan fingerprint density at radius 1 is 1.33 bits per heavy atom. The van der Waals surface area contributed by atoms with Crippen LogP contribution in [0.3, 0.4) is 0 Å². The molecule has 0 aliphatic carbocycles. The molecule has 0 heterocycles. The monoisotopic (exact) mass is 173 g/mol. The van der Waals surface area contributed by atoms with Crippen molar-refractivity contribution >= 4 is 6.47 Å². The molecule has 0 aromatic heterocycles. The first kappa shape index (κ1) is 11.4. The number of rotatable bonds is 7. The molecular formula is C9H17O3. The average Bonchev–Trinajstić information content (AvgIpc) is 2.01. The Balaban J connectivity index is 3.21. The molecule has 0 aromatic rings. The molecule has 71 valence electrons. The summed E-state index contributed by atoms with van der Waals surface area (Å²) in [4.78, 5) is 9.66. The van der Waals surface area contributed by atoms with Crippen LogP contribution in [0.1, 0.15) is 27.2 Å². The van der Waals surface area contributed by atoms with E-state index in [9.17, 15) is 4.79 Å².